The first-order valence-corrected chi connectivity index (χ1v) is 6.88. The summed E-state index contributed by atoms with van der Waals surface area (Å²) in [6.45, 7) is 1.80. The largest absolute Gasteiger partial charge is 0.341 e. The van der Waals surface area contributed by atoms with Crippen molar-refractivity contribution in [3.8, 4) is 0 Å². The highest BCUT2D eigenvalue weighted by Crippen LogP contribution is 2.50. The molecule has 1 aromatic carbocycles. The molecule has 0 spiro atoms. The number of rotatable bonds is 3. The molecule has 1 aliphatic carbocycles. The van der Waals surface area contributed by atoms with Crippen molar-refractivity contribution in [1.82, 2.24) is 10.2 Å². The maximum Gasteiger partial charge on any atom is 0.233 e. The van der Waals surface area contributed by atoms with E-state index in [9.17, 15) is 9.18 Å². The van der Waals surface area contributed by atoms with Gasteiger partial charge < -0.3 is 10.2 Å². The SMILES string of the molecule is CN(C(=O)C1(c2ccccc2F)CC1)[C@H]1CCNC1. The minimum absolute atomic E-state index is 0.0753. The van der Waals surface area contributed by atoms with E-state index in [0.717, 1.165) is 32.4 Å². The van der Waals surface area contributed by atoms with Crippen LogP contribution in [0.25, 0.3) is 0 Å². The first-order chi connectivity index (χ1) is 9.15. The second-order valence-corrected chi connectivity index (χ2v) is 5.62. The molecule has 1 aromatic rings. The Balaban J connectivity index is 1.84. The predicted molar refractivity (Wildman–Crippen MR) is 71.4 cm³/mol. The monoisotopic (exact) mass is 262 g/mol. The van der Waals surface area contributed by atoms with Gasteiger partial charge in [-0.3, -0.25) is 4.79 Å². The fourth-order valence-electron chi connectivity index (χ4n) is 3.05. The maximum absolute atomic E-state index is 13.9. The van der Waals surface area contributed by atoms with E-state index in [-0.39, 0.29) is 17.8 Å². The average molecular weight is 262 g/mol. The molecule has 0 radical (unpaired) electrons. The lowest BCUT2D eigenvalue weighted by atomic mass is 9.93. The van der Waals surface area contributed by atoms with E-state index in [1.165, 1.54) is 6.07 Å². The lowest BCUT2D eigenvalue weighted by molar-refractivity contribution is -0.134. The van der Waals surface area contributed by atoms with Crippen molar-refractivity contribution < 1.29 is 9.18 Å². The Morgan fingerprint density at radius 2 is 2.16 bits per heavy atom. The molecule has 0 aromatic heterocycles. The lowest BCUT2D eigenvalue weighted by Gasteiger charge is -2.28. The van der Waals surface area contributed by atoms with Gasteiger partial charge in [0.05, 0.1) is 5.41 Å². The first kappa shape index (κ1) is 12.6. The number of halogens is 1. The van der Waals surface area contributed by atoms with Gasteiger partial charge >= 0.3 is 0 Å². The van der Waals surface area contributed by atoms with Crippen LogP contribution in [-0.2, 0) is 10.2 Å². The van der Waals surface area contributed by atoms with E-state index >= 15 is 0 Å². The molecule has 4 heteroatoms. The predicted octanol–water partition coefficient (Wildman–Crippen LogP) is 1.68. The van der Waals surface area contributed by atoms with E-state index in [4.69, 9.17) is 0 Å². The van der Waals surface area contributed by atoms with Crippen LogP contribution in [0.15, 0.2) is 24.3 Å². The van der Waals surface area contributed by atoms with Gasteiger partial charge in [0.1, 0.15) is 5.82 Å². The third kappa shape index (κ3) is 2.04. The van der Waals surface area contributed by atoms with E-state index in [2.05, 4.69) is 5.32 Å². The summed E-state index contributed by atoms with van der Waals surface area (Å²) in [5, 5.41) is 3.26. The Kier molecular flexibility index (Phi) is 3.05. The zero-order valence-electron chi connectivity index (χ0n) is 11.2. The Labute approximate surface area is 112 Å². The minimum Gasteiger partial charge on any atom is -0.341 e. The van der Waals surface area contributed by atoms with Crippen molar-refractivity contribution >= 4 is 5.91 Å². The Morgan fingerprint density at radius 3 is 2.74 bits per heavy atom. The standard InChI is InChI=1S/C15H19FN2O/c1-18(11-6-9-17-10-11)14(19)15(7-8-15)12-4-2-3-5-13(12)16/h2-5,11,17H,6-10H2,1H3/t11-/m0/s1. The molecule has 19 heavy (non-hydrogen) atoms. The van der Waals surface area contributed by atoms with Crippen molar-refractivity contribution in [2.24, 2.45) is 0 Å². The topological polar surface area (TPSA) is 32.3 Å². The van der Waals surface area contributed by atoms with Gasteiger partial charge in [0.15, 0.2) is 0 Å². The maximum atomic E-state index is 13.9. The molecule has 1 N–H and O–H groups in total. The molecule has 3 rings (SSSR count). The molecule has 1 atom stereocenters. The van der Waals surface area contributed by atoms with Gasteiger partial charge in [0.25, 0.3) is 0 Å². The number of hydrogen-bond donors (Lipinski definition) is 1. The Morgan fingerprint density at radius 1 is 1.42 bits per heavy atom. The minimum atomic E-state index is -0.595. The number of nitrogens with one attached hydrogen (secondary N) is 1. The quantitative estimate of drug-likeness (QED) is 0.899. The van der Waals surface area contributed by atoms with Crippen LogP contribution >= 0.6 is 0 Å². The van der Waals surface area contributed by atoms with Gasteiger partial charge in [-0.2, -0.15) is 0 Å². The fourth-order valence-corrected chi connectivity index (χ4v) is 3.05. The second-order valence-electron chi connectivity index (χ2n) is 5.62. The van der Waals surface area contributed by atoms with E-state index in [1.54, 1.807) is 12.1 Å². The first-order valence-electron chi connectivity index (χ1n) is 6.88. The summed E-state index contributed by atoms with van der Waals surface area (Å²) in [7, 11) is 1.85. The van der Waals surface area contributed by atoms with Crippen molar-refractivity contribution in [3.63, 3.8) is 0 Å². The van der Waals surface area contributed by atoms with Gasteiger partial charge in [-0.15, -0.1) is 0 Å². The summed E-state index contributed by atoms with van der Waals surface area (Å²) in [4.78, 5) is 14.5. The summed E-state index contributed by atoms with van der Waals surface area (Å²) >= 11 is 0. The molecular weight excluding hydrogens is 243 g/mol. The molecule has 102 valence electrons. The van der Waals surface area contributed by atoms with Crippen molar-refractivity contribution in [1.29, 1.82) is 0 Å². The number of carbonyl (C=O) groups excluding carboxylic acids is 1. The lowest BCUT2D eigenvalue weighted by Crippen LogP contribution is -2.44. The van der Waals surface area contributed by atoms with Crippen molar-refractivity contribution in [2.75, 3.05) is 20.1 Å². The van der Waals surface area contributed by atoms with Gasteiger partial charge in [0, 0.05) is 25.2 Å². The van der Waals surface area contributed by atoms with Crippen molar-refractivity contribution in [3.05, 3.63) is 35.6 Å². The van der Waals surface area contributed by atoms with Crippen LogP contribution < -0.4 is 5.32 Å². The number of carbonyl (C=O) groups is 1. The number of hydrogen-bond acceptors (Lipinski definition) is 2. The summed E-state index contributed by atoms with van der Waals surface area (Å²) in [5.41, 5.74) is -0.0271. The molecular formula is C15H19FN2O. The molecule has 1 saturated carbocycles. The van der Waals surface area contributed by atoms with Crippen LogP contribution in [0.1, 0.15) is 24.8 Å². The molecule has 0 unspecified atom stereocenters. The molecule has 1 amide bonds. The van der Waals surface area contributed by atoms with E-state index in [1.807, 2.05) is 18.0 Å². The van der Waals surface area contributed by atoms with Crippen LogP contribution in [0.3, 0.4) is 0 Å². The summed E-state index contributed by atoms with van der Waals surface area (Å²) < 4.78 is 13.9. The molecule has 0 bridgehead atoms. The fraction of sp³-hybridized carbons (Fsp3) is 0.533. The van der Waals surface area contributed by atoms with Gasteiger partial charge in [-0.1, -0.05) is 18.2 Å². The van der Waals surface area contributed by atoms with Gasteiger partial charge in [0.2, 0.25) is 5.91 Å². The normalized spacial score (nSPS) is 24.2. The Hall–Kier alpha value is -1.42. The molecule has 2 aliphatic rings. The van der Waals surface area contributed by atoms with E-state index in [0.29, 0.717) is 5.56 Å². The third-order valence-corrected chi connectivity index (χ3v) is 4.45. The highest BCUT2D eigenvalue weighted by atomic mass is 19.1. The van der Waals surface area contributed by atoms with Crippen LogP contribution in [0.2, 0.25) is 0 Å². The number of likely N-dealkylation sites (N-methyl/N-ethyl adjacent to an activating group) is 1. The second kappa shape index (κ2) is 4.60. The Bertz CT molecular complexity index is 493. The molecule has 1 saturated heterocycles. The summed E-state index contributed by atoms with van der Waals surface area (Å²) in [6.07, 6.45) is 2.50. The highest BCUT2D eigenvalue weighted by molar-refractivity contribution is 5.91. The van der Waals surface area contributed by atoms with Crippen LogP contribution in [0.5, 0.6) is 0 Å². The molecule has 3 nitrogen and oxygen atoms in total. The van der Waals surface area contributed by atoms with Crippen LogP contribution in [0.4, 0.5) is 4.39 Å². The van der Waals surface area contributed by atoms with Gasteiger partial charge in [-0.25, -0.2) is 4.39 Å². The zero-order valence-corrected chi connectivity index (χ0v) is 11.2. The molecule has 2 fully saturated rings. The third-order valence-electron chi connectivity index (χ3n) is 4.45. The van der Waals surface area contributed by atoms with Crippen LogP contribution in [-0.4, -0.2) is 37.0 Å². The number of amides is 1. The highest BCUT2D eigenvalue weighted by Gasteiger charge is 2.54. The smallest absolute Gasteiger partial charge is 0.233 e. The average Bonchev–Trinajstić information content (AvgIpc) is 3.04. The van der Waals surface area contributed by atoms with E-state index < -0.39 is 5.41 Å². The summed E-state index contributed by atoms with van der Waals surface area (Å²) in [6, 6.07) is 6.92. The zero-order chi connectivity index (χ0) is 13.5. The number of nitrogens with zero attached hydrogens (tertiary/aromatic N) is 1. The van der Waals surface area contributed by atoms with Crippen molar-refractivity contribution in [2.45, 2.75) is 30.7 Å². The summed E-state index contributed by atoms with van der Waals surface area (Å²) in [5.74, 6) is -0.183. The molecule has 1 heterocycles. The number of benzene rings is 1. The molecule has 1 aliphatic heterocycles. The van der Waals surface area contributed by atoms with Crippen LogP contribution in [0, 0.1) is 5.82 Å². The van der Waals surface area contributed by atoms with Gasteiger partial charge in [-0.05, 0) is 31.9 Å².